The van der Waals surface area contributed by atoms with E-state index in [4.69, 9.17) is 0 Å². The minimum Gasteiger partial charge on any atom is -0.504 e. The van der Waals surface area contributed by atoms with E-state index in [1.165, 1.54) is 12.1 Å². The molecule has 0 fully saturated rings. The third-order valence-corrected chi connectivity index (χ3v) is 4.12. The van der Waals surface area contributed by atoms with Crippen molar-refractivity contribution in [3.63, 3.8) is 0 Å². The van der Waals surface area contributed by atoms with Crippen LogP contribution >= 0.6 is 0 Å². The molecule has 2 aromatic carbocycles. The van der Waals surface area contributed by atoms with Gasteiger partial charge in [0, 0.05) is 18.0 Å². The molecule has 0 saturated heterocycles. The van der Waals surface area contributed by atoms with E-state index in [0.717, 1.165) is 5.56 Å². The number of carbonyl (C=O) groups is 2. The predicted molar refractivity (Wildman–Crippen MR) is 95.6 cm³/mol. The quantitative estimate of drug-likeness (QED) is 0.555. The van der Waals surface area contributed by atoms with Gasteiger partial charge in [-0.1, -0.05) is 44.2 Å². The second-order valence-electron chi connectivity index (χ2n) is 6.40. The number of hydrogen-bond acceptors (Lipinski definition) is 4. The number of Topliss-reactive ketones (excluding diaryl/α,β-unsaturated/α-hetero) is 1. The van der Waals surface area contributed by atoms with E-state index in [9.17, 15) is 19.8 Å². The van der Waals surface area contributed by atoms with Crippen LogP contribution in [0.25, 0.3) is 0 Å². The van der Waals surface area contributed by atoms with Gasteiger partial charge in [0.1, 0.15) is 0 Å². The third kappa shape index (κ3) is 4.59. The van der Waals surface area contributed by atoms with E-state index in [1.54, 1.807) is 37.3 Å². The molecular weight excluding hydrogens is 318 g/mol. The Labute approximate surface area is 147 Å². The number of aromatic hydroxyl groups is 2. The van der Waals surface area contributed by atoms with Crippen molar-refractivity contribution in [1.29, 1.82) is 0 Å². The number of ketones is 1. The van der Waals surface area contributed by atoms with Gasteiger partial charge in [-0.05, 0) is 30.2 Å². The third-order valence-electron chi connectivity index (χ3n) is 4.12. The van der Waals surface area contributed by atoms with Crippen molar-refractivity contribution >= 4 is 11.7 Å². The lowest BCUT2D eigenvalue weighted by atomic mass is 9.95. The van der Waals surface area contributed by atoms with Crippen LogP contribution in [0.2, 0.25) is 0 Å². The fourth-order valence-corrected chi connectivity index (χ4v) is 2.44. The van der Waals surface area contributed by atoms with Crippen LogP contribution in [0.15, 0.2) is 42.5 Å². The molecule has 25 heavy (non-hydrogen) atoms. The number of carbonyl (C=O) groups excluding carboxylic acids is 2. The summed E-state index contributed by atoms with van der Waals surface area (Å²) < 4.78 is 0. The zero-order chi connectivity index (χ0) is 18.6. The SMILES string of the molecule is CC(C)C(=O)c1ccc([C@@H](C)C(=O)NCc2ccc(O)c(O)c2)cc1. The van der Waals surface area contributed by atoms with Crippen molar-refractivity contribution in [2.45, 2.75) is 33.2 Å². The summed E-state index contributed by atoms with van der Waals surface area (Å²) in [7, 11) is 0. The number of nitrogens with one attached hydrogen (secondary N) is 1. The molecule has 5 heteroatoms. The van der Waals surface area contributed by atoms with Crippen LogP contribution < -0.4 is 5.32 Å². The van der Waals surface area contributed by atoms with E-state index in [0.29, 0.717) is 11.1 Å². The van der Waals surface area contributed by atoms with Gasteiger partial charge >= 0.3 is 0 Å². The van der Waals surface area contributed by atoms with Gasteiger partial charge in [-0.3, -0.25) is 9.59 Å². The Kier molecular flexibility index (Phi) is 5.80. The van der Waals surface area contributed by atoms with Crippen LogP contribution in [0.4, 0.5) is 0 Å². The molecule has 0 aliphatic carbocycles. The molecule has 132 valence electrons. The zero-order valence-corrected chi connectivity index (χ0v) is 14.6. The molecule has 0 aromatic heterocycles. The van der Waals surface area contributed by atoms with Crippen LogP contribution in [-0.4, -0.2) is 21.9 Å². The molecule has 0 spiro atoms. The molecule has 1 amide bonds. The number of rotatable bonds is 6. The molecule has 3 N–H and O–H groups in total. The molecule has 0 unspecified atom stereocenters. The van der Waals surface area contributed by atoms with E-state index < -0.39 is 0 Å². The molecule has 5 nitrogen and oxygen atoms in total. The van der Waals surface area contributed by atoms with Crippen molar-refractivity contribution in [2.24, 2.45) is 5.92 Å². The first-order chi connectivity index (χ1) is 11.8. The summed E-state index contributed by atoms with van der Waals surface area (Å²) in [6.07, 6.45) is 0. The molecule has 2 rings (SSSR count). The summed E-state index contributed by atoms with van der Waals surface area (Å²) in [5, 5.41) is 21.6. The maximum absolute atomic E-state index is 12.3. The number of amides is 1. The summed E-state index contributed by atoms with van der Waals surface area (Å²) in [5.41, 5.74) is 2.16. The molecule has 0 saturated carbocycles. The van der Waals surface area contributed by atoms with E-state index in [-0.39, 0.29) is 41.6 Å². The minimum absolute atomic E-state index is 0.0618. The topological polar surface area (TPSA) is 86.6 Å². The van der Waals surface area contributed by atoms with Gasteiger partial charge in [0.25, 0.3) is 0 Å². The average molecular weight is 341 g/mol. The predicted octanol–water partition coefficient (Wildman–Crippen LogP) is 3.36. The largest absolute Gasteiger partial charge is 0.504 e. The van der Waals surface area contributed by atoms with Crippen LogP contribution in [0, 0.1) is 5.92 Å². The molecular formula is C20H23NO4. The number of benzene rings is 2. The smallest absolute Gasteiger partial charge is 0.227 e. The molecule has 0 bridgehead atoms. The van der Waals surface area contributed by atoms with Gasteiger partial charge < -0.3 is 15.5 Å². The highest BCUT2D eigenvalue weighted by Crippen LogP contribution is 2.25. The lowest BCUT2D eigenvalue weighted by Gasteiger charge is -2.14. The van der Waals surface area contributed by atoms with Gasteiger partial charge in [-0.25, -0.2) is 0 Å². The molecule has 1 atom stereocenters. The molecule has 0 radical (unpaired) electrons. The van der Waals surface area contributed by atoms with Gasteiger partial charge in [0.15, 0.2) is 17.3 Å². The van der Waals surface area contributed by atoms with Crippen LogP contribution in [-0.2, 0) is 11.3 Å². The minimum atomic E-state index is -0.367. The Morgan fingerprint density at radius 1 is 0.960 bits per heavy atom. The van der Waals surface area contributed by atoms with Crippen molar-refractivity contribution in [3.05, 3.63) is 59.2 Å². The molecule has 0 heterocycles. The molecule has 0 aliphatic heterocycles. The first-order valence-corrected chi connectivity index (χ1v) is 8.22. The summed E-state index contributed by atoms with van der Waals surface area (Å²) in [4.78, 5) is 24.3. The Morgan fingerprint density at radius 3 is 2.16 bits per heavy atom. The fraction of sp³-hybridized carbons (Fsp3) is 0.300. The number of phenolic OH excluding ortho intramolecular Hbond substituents is 2. The summed E-state index contributed by atoms with van der Waals surface area (Å²) in [6.45, 7) is 5.75. The Balaban J connectivity index is 1.99. The first kappa shape index (κ1) is 18.5. The number of hydrogen-bond donors (Lipinski definition) is 3. The summed E-state index contributed by atoms with van der Waals surface area (Å²) >= 11 is 0. The van der Waals surface area contributed by atoms with Crippen LogP contribution in [0.1, 0.15) is 48.2 Å². The van der Waals surface area contributed by atoms with Crippen molar-refractivity contribution in [2.75, 3.05) is 0 Å². The lowest BCUT2D eigenvalue weighted by Crippen LogP contribution is -2.27. The lowest BCUT2D eigenvalue weighted by molar-refractivity contribution is -0.122. The van der Waals surface area contributed by atoms with Gasteiger partial charge in [0.2, 0.25) is 5.91 Å². The van der Waals surface area contributed by atoms with Gasteiger partial charge in [-0.2, -0.15) is 0 Å². The zero-order valence-electron chi connectivity index (χ0n) is 14.6. The number of phenols is 2. The standard InChI is InChI=1S/C20H23NO4/c1-12(2)19(24)16-7-5-15(6-8-16)13(3)20(25)21-11-14-4-9-17(22)18(23)10-14/h4-10,12-13,22-23H,11H2,1-3H3,(H,21,25)/t13-/m1/s1. The van der Waals surface area contributed by atoms with Crippen molar-refractivity contribution in [3.8, 4) is 11.5 Å². The van der Waals surface area contributed by atoms with E-state index in [2.05, 4.69) is 5.32 Å². The molecule has 0 aliphatic rings. The van der Waals surface area contributed by atoms with Gasteiger partial charge in [0.05, 0.1) is 5.92 Å². The van der Waals surface area contributed by atoms with E-state index in [1.807, 2.05) is 13.8 Å². The second kappa shape index (κ2) is 7.83. The Morgan fingerprint density at radius 2 is 1.60 bits per heavy atom. The maximum atomic E-state index is 12.3. The maximum Gasteiger partial charge on any atom is 0.227 e. The van der Waals surface area contributed by atoms with Crippen LogP contribution in [0.3, 0.4) is 0 Å². The fourth-order valence-electron chi connectivity index (χ4n) is 2.44. The molecule has 2 aromatic rings. The first-order valence-electron chi connectivity index (χ1n) is 8.22. The monoisotopic (exact) mass is 341 g/mol. The highest BCUT2D eigenvalue weighted by Gasteiger charge is 2.16. The van der Waals surface area contributed by atoms with E-state index >= 15 is 0 Å². The highest BCUT2D eigenvalue weighted by molar-refractivity contribution is 5.97. The highest BCUT2D eigenvalue weighted by atomic mass is 16.3. The van der Waals surface area contributed by atoms with Crippen molar-refractivity contribution < 1.29 is 19.8 Å². The Bertz CT molecular complexity index is 766. The summed E-state index contributed by atoms with van der Waals surface area (Å²) in [6, 6.07) is 11.5. The second-order valence-corrected chi connectivity index (χ2v) is 6.40. The Hall–Kier alpha value is -2.82. The normalized spacial score (nSPS) is 12.0. The van der Waals surface area contributed by atoms with Crippen LogP contribution in [0.5, 0.6) is 11.5 Å². The summed E-state index contributed by atoms with van der Waals surface area (Å²) in [5.74, 6) is -0.918. The average Bonchev–Trinajstić information content (AvgIpc) is 2.61. The van der Waals surface area contributed by atoms with Crippen molar-refractivity contribution in [1.82, 2.24) is 5.32 Å². The van der Waals surface area contributed by atoms with Gasteiger partial charge in [-0.15, -0.1) is 0 Å².